The first-order chi connectivity index (χ1) is 14.6. The van der Waals surface area contributed by atoms with E-state index < -0.39 is 0 Å². The maximum absolute atomic E-state index is 5.56. The van der Waals surface area contributed by atoms with E-state index in [0.29, 0.717) is 0 Å². The normalized spacial score (nSPS) is 16.3. The van der Waals surface area contributed by atoms with Crippen molar-refractivity contribution in [2.75, 3.05) is 28.4 Å². The van der Waals surface area contributed by atoms with E-state index >= 15 is 0 Å². The van der Waals surface area contributed by atoms with Crippen LogP contribution in [-0.4, -0.2) is 40.2 Å². The maximum Gasteiger partial charge on any atom is 0.161 e. The van der Waals surface area contributed by atoms with Crippen molar-refractivity contribution in [2.24, 2.45) is 4.99 Å². The summed E-state index contributed by atoms with van der Waals surface area (Å²) in [5.41, 5.74) is 4.24. The minimum absolute atomic E-state index is 0.190. The summed E-state index contributed by atoms with van der Waals surface area (Å²) in [5.74, 6) is 3.00. The summed E-state index contributed by atoms with van der Waals surface area (Å²) < 4.78 is 21.7. The van der Waals surface area contributed by atoms with E-state index in [2.05, 4.69) is 12.6 Å². The highest BCUT2D eigenvalue weighted by Gasteiger charge is 2.19. The molecule has 0 saturated carbocycles. The van der Waals surface area contributed by atoms with E-state index in [0.717, 1.165) is 77.5 Å². The van der Waals surface area contributed by atoms with Crippen LogP contribution in [0.5, 0.6) is 23.0 Å². The average Bonchev–Trinajstić information content (AvgIpc) is 3.03. The fraction of sp³-hybridized carbons (Fsp3) is 0.400. The molecule has 0 aliphatic carbocycles. The van der Waals surface area contributed by atoms with Crippen molar-refractivity contribution in [3.8, 4) is 23.0 Å². The molecule has 160 valence electrons. The summed E-state index contributed by atoms with van der Waals surface area (Å²) in [4.78, 5) is 5.13. The second-order valence-electron chi connectivity index (χ2n) is 7.42. The van der Waals surface area contributed by atoms with Crippen LogP contribution >= 0.6 is 0 Å². The van der Waals surface area contributed by atoms with Gasteiger partial charge in [-0.05, 0) is 67.2 Å². The Morgan fingerprint density at radius 3 is 2.37 bits per heavy atom. The van der Waals surface area contributed by atoms with Gasteiger partial charge >= 0.3 is 0 Å². The molecule has 0 saturated heterocycles. The molecule has 2 aromatic rings. The molecule has 0 N–H and O–H groups in total. The number of ether oxygens (including phenoxy) is 4. The molecule has 1 aliphatic rings. The zero-order valence-electron chi connectivity index (χ0n) is 18.4. The lowest BCUT2D eigenvalue weighted by molar-refractivity contribution is 0.355. The van der Waals surface area contributed by atoms with Crippen molar-refractivity contribution in [1.29, 1.82) is 0 Å². The minimum Gasteiger partial charge on any atom is -0.497 e. The quantitative estimate of drug-likeness (QED) is 0.573. The summed E-state index contributed by atoms with van der Waals surface area (Å²) in [6, 6.07) is 12.0. The van der Waals surface area contributed by atoms with Crippen molar-refractivity contribution in [2.45, 2.75) is 38.1 Å². The molecule has 1 atom stereocenters. The van der Waals surface area contributed by atoms with Gasteiger partial charge < -0.3 is 18.9 Å². The van der Waals surface area contributed by atoms with Crippen LogP contribution in [0.2, 0.25) is 0 Å². The van der Waals surface area contributed by atoms with E-state index in [1.807, 2.05) is 30.3 Å². The zero-order chi connectivity index (χ0) is 21.5. The van der Waals surface area contributed by atoms with Crippen molar-refractivity contribution in [3.05, 3.63) is 54.1 Å². The number of hydrogen-bond acceptors (Lipinski definition) is 5. The van der Waals surface area contributed by atoms with Gasteiger partial charge in [0, 0.05) is 17.3 Å². The monoisotopic (exact) mass is 409 g/mol. The van der Waals surface area contributed by atoms with Gasteiger partial charge in [0.2, 0.25) is 0 Å². The number of rotatable bonds is 8. The predicted octanol–water partition coefficient (Wildman–Crippen LogP) is 5.56. The largest absolute Gasteiger partial charge is 0.497 e. The standard InChI is InChI=1S/C25H31NO4/c1-17(21-12-11-20(27-2)16-24(21)29-4)14-19-8-6-7-9-22(26-19)18-10-13-23(28-3)25(15-18)30-5/h10-13,15-16,19H,1,6-9,14H2,2-5H3. The molecule has 3 rings (SSSR count). The molecule has 0 fully saturated rings. The van der Waals surface area contributed by atoms with Gasteiger partial charge in [-0.15, -0.1) is 0 Å². The first-order valence-corrected chi connectivity index (χ1v) is 10.3. The summed E-state index contributed by atoms with van der Waals surface area (Å²) >= 11 is 0. The number of benzene rings is 2. The molecule has 0 spiro atoms. The summed E-state index contributed by atoms with van der Waals surface area (Å²) in [6.07, 6.45) is 5.08. The lowest BCUT2D eigenvalue weighted by Crippen LogP contribution is -2.09. The second kappa shape index (κ2) is 10.2. The Hall–Kier alpha value is -2.95. The number of nitrogens with zero attached hydrogens (tertiary/aromatic N) is 1. The maximum atomic E-state index is 5.56. The number of methoxy groups -OCH3 is 4. The highest BCUT2D eigenvalue weighted by molar-refractivity contribution is 6.01. The van der Waals surface area contributed by atoms with Gasteiger partial charge in [-0.3, -0.25) is 4.99 Å². The SMILES string of the molecule is C=C(CC1CCCCC(c2ccc(OC)c(OC)c2)=N1)c1ccc(OC)cc1OC. The first-order valence-electron chi connectivity index (χ1n) is 10.3. The van der Waals surface area contributed by atoms with Crippen molar-refractivity contribution in [3.63, 3.8) is 0 Å². The third kappa shape index (κ3) is 4.96. The molecule has 0 radical (unpaired) electrons. The van der Waals surface area contributed by atoms with Crippen LogP contribution in [0.4, 0.5) is 0 Å². The fourth-order valence-corrected chi connectivity index (χ4v) is 3.89. The highest BCUT2D eigenvalue weighted by atomic mass is 16.5. The van der Waals surface area contributed by atoms with Crippen LogP contribution in [-0.2, 0) is 0 Å². The van der Waals surface area contributed by atoms with Gasteiger partial charge in [0.1, 0.15) is 11.5 Å². The Morgan fingerprint density at radius 1 is 0.900 bits per heavy atom. The zero-order valence-corrected chi connectivity index (χ0v) is 18.4. The molecule has 1 heterocycles. The van der Waals surface area contributed by atoms with Crippen LogP contribution in [0.1, 0.15) is 43.2 Å². The van der Waals surface area contributed by atoms with Crippen LogP contribution < -0.4 is 18.9 Å². The Bertz CT molecular complexity index is 919. The smallest absolute Gasteiger partial charge is 0.161 e. The molecule has 5 nitrogen and oxygen atoms in total. The molecule has 30 heavy (non-hydrogen) atoms. The molecule has 1 aliphatic heterocycles. The Labute approximate surface area is 179 Å². The topological polar surface area (TPSA) is 49.3 Å². The lowest BCUT2D eigenvalue weighted by Gasteiger charge is -2.17. The lowest BCUT2D eigenvalue weighted by atomic mass is 9.97. The van der Waals surface area contributed by atoms with Crippen molar-refractivity contribution >= 4 is 11.3 Å². The van der Waals surface area contributed by atoms with E-state index in [4.69, 9.17) is 23.9 Å². The van der Waals surface area contributed by atoms with Gasteiger partial charge in [-0.1, -0.05) is 13.0 Å². The molecule has 2 aromatic carbocycles. The third-order valence-corrected chi connectivity index (χ3v) is 5.53. The third-order valence-electron chi connectivity index (χ3n) is 5.53. The Morgan fingerprint density at radius 2 is 1.67 bits per heavy atom. The average molecular weight is 410 g/mol. The van der Waals surface area contributed by atoms with Crippen molar-refractivity contribution in [1.82, 2.24) is 0 Å². The molecule has 5 heteroatoms. The van der Waals surface area contributed by atoms with Crippen LogP contribution in [0, 0.1) is 0 Å². The van der Waals surface area contributed by atoms with Gasteiger partial charge in [0.25, 0.3) is 0 Å². The second-order valence-corrected chi connectivity index (χ2v) is 7.42. The van der Waals surface area contributed by atoms with E-state index in [1.54, 1.807) is 28.4 Å². The summed E-state index contributed by atoms with van der Waals surface area (Å²) in [5, 5.41) is 0. The number of aliphatic imine (C=N–C) groups is 1. The Kier molecular flexibility index (Phi) is 7.39. The predicted molar refractivity (Wildman–Crippen MR) is 122 cm³/mol. The molecule has 0 amide bonds. The summed E-state index contributed by atoms with van der Waals surface area (Å²) in [7, 11) is 6.63. The van der Waals surface area contributed by atoms with Gasteiger partial charge in [-0.2, -0.15) is 0 Å². The number of hydrogen-bond donors (Lipinski definition) is 0. The molecule has 1 unspecified atom stereocenters. The van der Waals surface area contributed by atoms with E-state index in [-0.39, 0.29) is 6.04 Å². The van der Waals surface area contributed by atoms with Crippen LogP contribution in [0.3, 0.4) is 0 Å². The van der Waals surface area contributed by atoms with Gasteiger partial charge in [0.05, 0.1) is 34.5 Å². The first kappa shape index (κ1) is 21.8. The molecule has 0 aromatic heterocycles. The van der Waals surface area contributed by atoms with Crippen LogP contribution in [0.25, 0.3) is 5.57 Å². The highest BCUT2D eigenvalue weighted by Crippen LogP contribution is 2.34. The summed E-state index contributed by atoms with van der Waals surface area (Å²) in [6.45, 7) is 4.33. The van der Waals surface area contributed by atoms with Gasteiger partial charge in [0.15, 0.2) is 11.5 Å². The van der Waals surface area contributed by atoms with E-state index in [9.17, 15) is 0 Å². The minimum atomic E-state index is 0.190. The molecular formula is C25H31NO4. The van der Waals surface area contributed by atoms with Crippen molar-refractivity contribution < 1.29 is 18.9 Å². The fourth-order valence-electron chi connectivity index (χ4n) is 3.89. The Balaban J connectivity index is 1.83. The molecule has 0 bridgehead atoms. The van der Waals surface area contributed by atoms with Gasteiger partial charge in [-0.25, -0.2) is 0 Å². The van der Waals surface area contributed by atoms with Crippen LogP contribution in [0.15, 0.2) is 48.0 Å². The van der Waals surface area contributed by atoms with E-state index in [1.165, 1.54) is 0 Å². The molecular weight excluding hydrogens is 378 g/mol.